The molecular weight excluding hydrogens is 320 g/mol. The van der Waals surface area contributed by atoms with Gasteiger partial charge >= 0.3 is 0 Å². The molecule has 0 amide bonds. The molecule has 1 fully saturated rings. The Hall–Kier alpha value is -1.22. The van der Waals surface area contributed by atoms with Gasteiger partial charge in [-0.25, -0.2) is 13.1 Å². The maximum Gasteiger partial charge on any atom is 0.289 e. The lowest BCUT2D eigenvalue weighted by molar-refractivity contribution is -0.384. The van der Waals surface area contributed by atoms with E-state index in [9.17, 15) is 18.5 Å². The first-order valence-corrected chi connectivity index (χ1v) is 8.31. The summed E-state index contributed by atoms with van der Waals surface area (Å²) in [5.74, 6) is 0. The molecule has 2 rings (SSSR count). The molecule has 1 aromatic rings. The van der Waals surface area contributed by atoms with E-state index in [-0.39, 0.29) is 22.6 Å². The number of hydrogen-bond acceptors (Lipinski definition) is 5. The zero-order valence-corrected chi connectivity index (χ0v) is 12.7. The Kier molecular flexibility index (Phi) is 5.15. The zero-order chi connectivity index (χ0) is 15.5. The van der Waals surface area contributed by atoms with Crippen molar-refractivity contribution in [3.63, 3.8) is 0 Å². The van der Waals surface area contributed by atoms with Crippen LogP contribution >= 0.6 is 11.6 Å². The third-order valence-corrected chi connectivity index (χ3v) is 4.99. The Bertz CT molecular complexity index is 629. The number of sulfonamides is 1. The molecule has 7 nitrogen and oxygen atoms in total. The smallest absolute Gasteiger partial charge is 0.289 e. The fourth-order valence-corrected chi connectivity index (χ4v) is 3.36. The molecule has 1 saturated heterocycles. The van der Waals surface area contributed by atoms with Gasteiger partial charge in [-0.2, -0.15) is 0 Å². The predicted octanol–water partition coefficient (Wildman–Crippen LogP) is 2.10. The van der Waals surface area contributed by atoms with Crippen LogP contribution in [0.2, 0.25) is 5.02 Å². The summed E-state index contributed by atoms with van der Waals surface area (Å²) in [6, 6.07) is 3.40. The molecule has 1 N–H and O–H groups in total. The summed E-state index contributed by atoms with van der Waals surface area (Å²) in [5.41, 5.74) is -0.432. The Morgan fingerprint density at radius 3 is 2.86 bits per heavy atom. The third-order valence-electron chi connectivity index (χ3n) is 3.21. The average molecular weight is 335 g/mol. The van der Waals surface area contributed by atoms with Crippen molar-refractivity contribution in [3.8, 4) is 0 Å². The number of nitrogens with zero attached hydrogens (tertiary/aromatic N) is 1. The van der Waals surface area contributed by atoms with Gasteiger partial charge in [-0.05, 0) is 31.4 Å². The second-order valence-electron chi connectivity index (χ2n) is 4.69. The van der Waals surface area contributed by atoms with Crippen LogP contribution in [0.15, 0.2) is 23.1 Å². The van der Waals surface area contributed by atoms with E-state index in [0.717, 1.165) is 18.9 Å². The summed E-state index contributed by atoms with van der Waals surface area (Å²) < 4.78 is 32.0. The highest BCUT2D eigenvalue weighted by atomic mass is 35.5. The van der Waals surface area contributed by atoms with Gasteiger partial charge < -0.3 is 4.74 Å². The molecule has 1 unspecified atom stereocenters. The average Bonchev–Trinajstić information content (AvgIpc) is 2.91. The van der Waals surface area contributed by atoms with E-state index in [1.54, 1.807) is 0 Å². The summed E-state index contributed by atoms with van der Waals surface area (Å²) in [7, 11) is -3.79. The number of hydrogen-bond donors (Lipinski definition) is 1. The fourth-order valence-electron chi connectivity index (χ4n) is 2.11. The van der Waals surface area contributed by atoms with Crippen LogP contribution in [0.1, 0.15) is 19.3 Å². The fraction of sp³-hybridized carbons (Fsp3) is 0.500. The summed E-state index contributed by atoms with van der Waals surface area (Å²) in [5, 5.41) is 10.7. The van der Waals surface area contributed by atoms with Crippen LogP contribution in [0.5, 0.6) is 0 Å². The molecule has 1 aliphatic heterocycles. The second-order valence-corrected chi connectivity index (χ2v) is 6.87. The van der Waals surface area contributed by atoms with Crippen molar-refractivity contribution < 1.29 is 18.1 Å². The van der Waals surface area contributed by atoms with Gasteiger partial charge in [-0.15, -0.1) is 0 Å². The van der Waals surface area contributed by atoms with Gasteiger partial charge in [0.25, 0.3) is 5.69 Å². The first-order chi connectivity index (χ1) is 9.90. The lowest BCUT2D eigenvalue weighted by Gasteiger charge is -2.10. The largest absolute Gasteiger partial charge is 0.378 e. The van der Waals surface area contributed by atoms with Crippen molar-refractivity contribution in [1.29, 1.82) is 0 Å². The molecule has 1 atom stereocenters. The third kappa shape index (κ3) is 4.13. The highest BCUT2D eigenvalue weighted by molar-refractivity contribution is 7.89. The molecule has 21 heavy (non-hydrogen) atoms. The molecule has 9 heteroatoms. The minimum atomic E-state index is -3.79. The highest BCUT2D eigenvalue weighted by Gasteiger charge is 2.21. The number of halogens is 1. The molecule has 0 saturated carbocycles. The maximum absolute atomic E-state index is 12.1. The number of nitrogens with one attached hydrogen (secondary N) is 1. The van der Waals surface area contributed by atoms with Gasteiger partial charge in [0, 0.05) is 19.2 Å². The van der Waals surface area contributed by atoms with Gasteiger partial charge in [0.1, 0.15) is 5.02 Å². The number of rotatable bonds is 6. The Balaban J connectivity index is 2.04. The molecule has 0 aromatic heterocycles. The molecule has 0 bridgehead atoms. The van der Waals surface area contributed by atoms with E-state index in [4.69, 9.17) is 16.3 Å². The van der Waals surface area contributed by atoms with Crippen molar-refractivity contribution in [3.05, 3.63) is 33.3 Å². The molecule has 1 aliphatic rings. The van der Waals surface area contributed by atoms with Crippen LogP contribution in [0.4, 0.5) is 5.69 Å². The standard InChI is InChI=1S/C12H15ClN2O5S/c13-11-4-3-10(8-12(11)15(16)17)21(18,19)14-6-5-9-2-1-7-20-9/h3-4,8-9,14H,1-2,5-7H2. The molecule has 1 aromatic carbocycles. The molecular formula is C12H15ClN2O5S. The lowest BCUT2D eigenvalue weighted by Crippen LogP contribution is -2.27. The first-order valence-electron chi connectivity index (χ1n) is 6.45. The van der Waals surface area contributed by atoms with Crippen molar-refractivity contribution in [1.82, 2.24) is 4.72 Å². The van der Waals surface area contributed by atoms with Crippen LogP contribution < -0.4 is 4.72 Å². The summed E-state index contributed by atoms with van der Waals surface area (Å²) in [4.78, 5) is 9.89. The van der Waals surface area contributed by atoms with Gasteiger partial charge in [-0.1, -0.05) is 11.6 Å². The second kappa shape index (κ2) is 6.69. The molecule has 0 radical (unpaired) electrons. The van der Waals surface area contributed by atoms with E-state index < -0.39 is 20.6 Å². The van der Waals surface area contributed by atoms with Crippen LogP contribution in [0.3, 0.4) is 0 Å². The van der Waals surface area contributed by atoms with Crippen molar-refractivity contribution in [2.75, 3.05) is 13.2 Å². The minimum absolute atomic E-state index is 0.0762. The molecule has 0 aliphatic carbocycles. The summed E-state index contributed by atoms with van der Waals surface area (Å²) >= 11 is 5.66. The van der Waals surface area contributed by atoms with Crippen molar-refractivity contribution >= 4 is 27.3 Å². The highest BCUT2D eigenvalue weighted by Crippen LogP contribution is 2.27. The van der Waals surface area contributed by atoms with Gasteiger partial charge in [0.15, 0.2) is 0 Å². The van der Waals surface area contributed by atoms with Crippen LogP contribution in [-0.4, -0.2) is 32.6 Å². The van der Waals surface area contributed by atoms with Gasteiger partial charge in [0.2, 0.25) is 10.0 Å². The molecule has 116 valence electrons. The lowest BCUT2D eigenvalue weighted by atomic mass is 10.2. The van der Waals surface area contributed by atoms with Gasteiger partial charge in [0.05, 0.1) is 15.9 Å². The molecule has 1 heterocycles. The molecule has 0 spiro atoms. The predicted molar refractivity (Wildman–Crippen MR) is 76.9 cm³/mol. The van der Waals surface area contributed by atoms with E-state index in [1.807, 2.05) is 0 Å². The van der Waals surface area contributed by atoms with Crippen LogP contribution in [0.25, 0.3) is 0 Å². The van der Waals surface area contributed by atoms with Crippen molar-refractivity contribution in [2.45, 2.75) is 30.3 Å². The van der Waals surface area contributed by atoms with Crippen molar-refractivity contribution in [2.24, 2.45) is 0 Å². The van der Waals surface area contributed by atoms with Crippen LogP contribution in [-0.2, 0) is 14.8 Å². The zero-order valence-electron chi connectivity index (χ0n) is 11.1. The number of benzene rings is 1. The summed E-state index contributed by atoms with van der Waals surface area (Å²) in [6.07, 6.45) is 2.57. The Labute approximate surface area is 127 Å². The Morgan fingerprint density at radius 1 is 1.48 bits per heavy atom. The minimum Gasteiger partial charge on any atom is -0.378 e. The first kappa shape index (κ1) is 16.2. The summed E-state index contributed by atoms with van der Waals surface area (Å²) in [6.45, 7) is 0.935. The number of nitro groups is 1. The van der Waals surface area contributed by atoms with E-state index in [2.05, 4.69) is 4.72 Å². The SMILES string of the molecule is O=[N+]([O-])c1cc(S(=O)(=O)NCCC2CCCO2)ccc1Cl. The van der Waals surface area contributed by atoms with E-state index >= 15 is 0 Å². The number of ether oxygens (including phenoxy) is 1. The normalized spacial score (nSPS) is 18.8. The Morgan fingerprint density at radius 2 is 2.24 bits per heavy atom. The van der Waals surface area contributed by atoms with Gasteiger partial charge in [-0.3, -0.25) is 10.1 Å². The quantitative estimate of drug-likeness (QED) is 0.634. The monoisotopic (exact) mass is 334 g/mol. The topological polar surface area (TPSA) is 98.5 Å². The van der Waals surface area contributed by atoms with Crippen LogP contribution in [0, 0.1) is 10.1 Å². The van der Waals surface area contributed by atoms with E-state index in [1.165, 1.54) is 12.1 Å². The number of nitro benzene ring substituents is 1. The van der Waals surface area contributed by atoms with E-state index in [0.29, 0.717) is 13.0 Å². The maximum atomic E-state index is 12.1.